The van der Waals surface area contributed by atoms with Crippen molar-refractivity contribution in [1.29, 1.82) is 0 Å². The van der Waals surface area contributed by atoms with E-state index in [-0.39, 0.29) is 11.3 Å². The molecule has 0 bridgehead atoms. The Morgan fingerprint density at radius 1 is 0.882 bits per heavy atom. The van der Waals surface area contributed by atoms with Crippen molar-refractivity contribution in [2.24, 2.45) is 0 Å². The third-order valence-corrected chi connectivity index (χ3v) is 5.85. The van der Waals surface area contributed by atoms with Crippen molar-refractivity contribution >= 4 is 22.9 Å². The van der Waals surface area contributed by atoms with Crippen LogP contribution in [0, 0.1) is 0 Å². The first kappa shape index (κ1) is 24.3. The van der Waals surface area contributed by atoms with E-state index in [9.17, 15) is 29.2 Å². The number of hydrogen-bond acceptors (Lipinski definition) is 6. The lowest BCUT2D eigenvalue weighted by molar-refractivity contribution is -0.277. The Bertz CT molecular complexity index is 1170. The first-order valence-corrected chi connectivity index (χ1v) is 10.8. The summed E-state index contributed by atoms with van der Waals surface area (Å²) in [7, 11) is 0. The number of halogens is 2. The Labute approximate surface area is 195 Å². The molecular weight excluding hydrogens is 446 g/mol. The lowest BCUT2D eigenvalue weighted by atomic mass is 9.99. The molecule has 3 aromatic carbocycles. The summed E-state index contributed by atoms with van der Waals surface area (Å²) in [5, 5.41) is 41.6. The van der Waals surface area contributed by atoms with E-state index in [4.69, 9.17) is 9.47 Å². The van der Waals surface area contributed by atoms with E-state index in [0.717, 1.165) is 17.7 Å². The van der Waals surface area contributed by atoms with Gasteiger partial charge in [-0.2, -0.15) is 0 Å². The first-order valence-electron chi connectivity index (χ1n) is 10.8. The molecule has 6 nitrogen and oxygen atoms in total. The molecule has 180 valence electrons. The highest BCUT2D eigenvalue weighted by Crippen LogP contribution is 2.34. The van der Waals surface area contributed by atoms with E-state index in [2.05, 4.69) is 0 Å². The van der Waals surface area contributed by atoms with Gasteiger partial charge in [-0.05, 0) is 28.5 Å². The number of rotatable bonds is 6. The third-order valence-electron chi connectivity index (χ3n) is 5.85. The molecule has 1 aliphatic heterocycles. The van der Waals surface area contributed by atoms with Crippen LogP contribution in [-0.4, -0.2) is 57.7 Å². The predicted molar refractivity (Wildman–Crippen MR) is 123 cm³/mol. The molecule has 8 heteroatoms. The minimum absolute atomic E-state index is 0.122. The largest absolute Gasteiger partial charge is 0.461 e. The molecule has 3 aromatic rings. The van der Waals surface area contributed by atoms with Crippen LogP contribution in [0.1, 0.15) is 23.6 Å². The van der Waals surface area contributed by atoms with Gasteiger partial charge in [0.1, 0.15) is 30.2 Å². The summed E-state index contributed by atoms with van der Waals surface area (Å²) < 4.78 is 39.5. The lowest BCUT2D eigenvalue weighted by Gasteiger charge is -2.39. The molecule has 0 radical (unpaired) electrons. The number of benzene rings is 3. The molecule has 4 rings (SSSR count). The zero-order valence-corrected chi connectivity index (χ0v) is 18.4. The Balaban J connectivity index is 1.73. The zero-order chi connectivity index (χ0) is 24.5. The fraction of sp³-hybridized carbons (Fsp3) is 0.308. The minimum atomic E-state index is -3.03. The molecule has 1 heterocycles. The van der Waals surface area contributed by atoms with Gasteiger partial charge in [-0.25, -0.2) is 8.78 Å². The maximum atomic E-state index is 14.1. The maximum absolute atomic E-state index is 14.1. The Kier molecular flexibility index (Phi) is 6.97. The van der Waals surface area contributed by atoms with Gasteiger partial charge in [0, 0.05) is 18.1 Å². The van der Waals surface area contributed by atoms with Gasteiger partial charge in [-0.1, -0.05) is 60.7 Å². The smallest absolute Gasteiger partial charge is 0.271 e. The van der Waals surface area contributed by atoms with Crippen LogP contribution in [0.3, 0.4) is 0 Å². The molecule has 0 aromatic heterocycles. The van der Waals surface area contributed by atoms with Crippen molar-refractivity contribution < 1.29 is 38.7 Å². The molecule has 0 saturated carbocycles. The Hall–Kier alpha value is -2.88. The number of aliphatic hydroxyl groups is 4. The number of ether oxygens (including phenoxy) is 2. The SMILES string of the molecule is CC(F)(F)c1ccccc1/C=C/c1cc2ccccc2cc1OC1O[C@H](CO)[C@@H](O)[C@H](O)[C@H]1O. The molecule has 1 unspecified atom stereocenters. The number of fused-ring (bicyclic) bond motifs is 1. The van der Waals surface area contributed by atoms with Gasteiger partial charge in [-0.15, -0.1) is 0 Å². The van der Waals surface area contributed by atoms with Crippen molar-refractivity contribution in [3.05, 3.63) is 77.4 Å². The normalized spacial score (nSPS) is 25.7. The molecule has 5 atom stereocenters. The van der Waals surface area contributed by atoms with Crippen molar-refractivity contribution in [1.82, 2.24) is 0 Å². The maximum Gasteiger partial charge on any atom is 0.271 e. The number of hydrogen-bond donors (Lipinski definition) is 4. The van der Waals surface area contributed by atoms with Crippen LogP contribution in [0.5, 0.6) is 5.75 Å². The van der Waals surface area contributed by atoms with Crippen LogP contribution in [0.4, 0.5) is 8.78 Å². The standard InChI is InChI=1S/C26H26F2O6/c1-26(27,28)19-9-5-4-6-15(19)10-11-18-12-16-7-2-3-8-17(16)13-20(18)33-25-24(32)23(31)22(30)21(14-29)34-25/h2-13,21-25,29-32H,14H2,1H3/b11-10+/t21-,22-,23+,24-,25?/m1/s1. The lowest BCUT2D eigenvalue weighted by Crippen LogP contribution is -2.60. The van der Waals surface area contributed by atoms with Gasteiger partial charge < -0.3 is 29.9 Å². The van der Waals surface area contributed by atoms with Gasteiger partial charge in [0.2, 0.25) is 6.29 Å². The van der Waals surface area contributed by atoms with E-state index in [1.165, 1.54) is 6.07 Å². The molecule has 0 aliphatic carbocycles. The van der Waals surface area contributed by atoms with E-state index >= 15 is 0 Å². The number of aliphatic hydroxyl groups excluding tert-OH is 4. The van der Waals surface area contributed by atoms with Crippen molar-refractivity contribution in [3.8, 4) is 5.75 Å². The highest BCUT2D eigenvalue weighted by Gasteiger charge is 2.44. The highest BCUT2D eigenvalue weighted by molar-refractivity contribution is 5.89. The van der Waals surface area contributed by atoms with Gasteiger partial charge in [-0.3, -0.25) is 0 Å². The van der Waals surface area contributed by atoms with Crippen LogP contribution in [0.25, 0.3) is 22.9 Å². The van der Waals surface area contributed by atoms with Crippen molar-refractivity contribution in [2.75, 3.05) is 6.61 Å². The second-order valence-corrected chi connectivity index (χ2v) is 8.36. The monoisotopic (exact) mass is 472 g/mol. The summed E-state index contributed by atoms with van der Waals surface area (Å²) in [5.74, 6) is -2.76. The summed E-state index contributed by atoms with van der Waals surface area (Å²) in [6.07, 6.45) is -4.01. The van der Waals surface area contributed by atoms with Crippen LogP contribution in [0.2, 0.25) is 0 Å². The molecule has 1 fully saturated rings. The predicted octanol–water partition coefficient (Wildman–Crippen LogP) is 3.30. The second-order valence-electron chi connectivity index (χ2n) is 8.36. The van der Waals surface area contributed by atoms with Gasteiger partial charge in [0.05, 0.1) is 6.61 Å². The van der Waals surface area contributed by atoms with Crippen LogP contribution in [0.15, 0.2) is 60.7 Å². The average molecular weight is 472 g/mol. The molecule has 1 aliphatic rings. The molecule has 0 amide bonds. The van der Waals surface area contributed by atoms with Crippen LogP contribution >= 0.6 is 0 Å². The summed E-state index contributed by atoms with van der Waals surface area (Å²) in [4.78, 5) is 0. The number of alkyl halides is 2. The molecule has 1 saturated heterocycles. The van der Waals surface area contributed by atoms with E-state index in [1.807, 2.05) is 24.3 Å². The Morgan fingerprint density at radius 3 is 2.18 bits per heavy atom. The highest BCUT2D eigenvalue weighted by atomic mass is 19.3. The van der Waals surface area contributed by atoms with Crippen molar-refractivity contribution in [3.63, 3.8) is 0 Å². The van der Waals surface area contributed by atoms with Gasteiger partial charge in [0.25, 0.3) is 5.92 Å². The first-order chi connectivity index (χ1) is 16.2. The summed E-state index contributed by atoms with van der Waals surface area (Å²) in [6, 6.07) is 17.1. The molecule has 34 heavy (non-hydrogen) atoms. The minimum Gasteiger partial charge on any atom is -0.461 e. The van der Waals surface area contributed by atoms with Crippen molar-refractivity contribution in [2.45, 2.75) is 43.6 Å². The fourth-order valence-electron chi connectivity index (χ4n) is 3.98. The summed E-state index contributed by atoms with van der Waals surface area (Å²) >= 11 is 0. The topological polar surface area (TPSA) is 99.4 Å². The summed E-state index contributed by atoms with van der Waals surface area (Å²) in [5.41, 5.74) is 0.732. The Morgan fingerprint density at radius 2 is 1.50 bits per heavy atom. The van der Waals surface area contributed by atoms with E-state index in [0.29, 0.717) is 11.1 Å². The van der Waals surface area contributed by atoms with Crippen LogP contribution < -0.4 is 4.74 Å². The molecular formula is C26H26F2O6. The van der Waals surface area contributed by atoms with Crippen LogP contribution in [-0.2, 0) is 10.7 Å². The molecule has 4 N–H and O–H groups in total. The molecule has 0 spiro atoms. The second kappa shape index (κ2) is 9.77. The fourth-order valence-corrected chi connectivity index (χ4v) is 3.98. The third kappa shape index (κ3) is 4.96. The van der Waals surface area contributed by atoms with E-state index < -0.39 is 43.2 Å². The van der Waals surface area contributed by atoms with E-state index in [1.54, 1.807) is 42.5 Å². The summed E-state index contributed by atoms with van der Waals surface area (Å²) in [6.45, 7) is 0.251. The van der Waals surface area contributed by atoms with Gasteiger partial charge in [0.15, 0.2) is 0 Å². The zero-order valence-electron chi connectivity index (χ0n) is 18.4. The van der Waals surface area contributed by atoms with Gasteiger partial charge >= 0.3 is 0 Å². The average Bonchev–Trinajstić information content (AvgIpc) is 2.82. The quantitative estimate of drug-likeness (QED) is 0.411.